The highest BCUT2D eigenvalue weighted by molar-refractivity contribution is 5.83. The molecule has 0 radical (unpaired) electrons. The van der Waals surface area contributed by atoms with Crippen molar-refractivity contribution in [2.24, 2.45) is 5.92 Å². The first-order valence-electron chi connectivity index (χ1n) is 7.97. The summed E-state index contributed by atoms with van der Waals surface area (Å²) in [5.74, 6) is -1.47. The Balaban J connectivity index is 4.91. The number of carbonyl (C=O) groups excluding carboxylic acids is 2. The van der Waals surface area contributed by atoms with Crippen molar-refractivity contribution in [2.45, 2.75) is 71.8 Å². The molecule has 0 aliphatic carbocycles. The summed E-state index contributed by atoms with van der Waals surface area (Å²) in [4.78, 5) is 34.7. The van der Waals surface area contributed by atoms with Gasteiger partial charge in [-0.3, -0.25) is 4.79 Å². The van der Waals surface area contributed by atoms with Crippen LogP contribution < -0.4 is 5.32 Å². The monoisotopic (exact) mass is 347 g/mol. The molecule has 0 saturated carbocycles. The smallest absolute Gasteiger partial charge is 0.411 e. The Morgan fingerprint density at radius 1 is 1.21 bits per heavy atom. The number of carboxylic acid groups (broad SMARTS) is 1. The number of hydrogen-bond donors (Lipinski definition) is 2. The molecule has 24 heavy (non-hydrogen) atoms. The molecule has 1 amide bonds. The third kappa shape index (κ3) is 7.63. The van der Waals surface area contributed by atoms with E-state index in [9.17, 15) is 19.5 Å². The van der Waals surface area contributed by atoms with Crippen molar-refractivity contribution in [3.8, 4) is 0 Å². The van der Waals surface area contributed by atoms with Crippen molar-refractivity contribution in [3.05, 3.63) is 0 Å². The molecule has 0 heterocycles. The van der Waals surface area contributed by atoms with Gasteiger partial charge in [-0.2, -0.15) is 0 Å². The Hall–Kier alpha value is -1.83. The van der Waals surface area contributed by atoms with E-state index >= 15 is 0 Å². The van der Waals surface area contributed by atoms with E-state index in [1.807, 2.05) is 13.8 Å². The first-order chi connectivity index (χ1) is 11.1. The number of rotatable bonds is 10. The van der Waals surface area contributed by atoms with E-state index in [4.69, 9.17) is 14.2 Å². The summed E-state index contributed by atoms with van der Waals surface area (Å²) in [6.45, 7) is 8.17. The lowest BCUT2D eigenvalue weighted by molar-refractivity contribution is -0.186. The van der Waals surface area contributed by atoms with E-state index in [0.29, 0.717) is 12.3 Å². The van der Waals surface area contributed by atoms with Gasteiger partial charge in [0.15, 0.2) is 0 Å². The Bertz CT molecular complexity index is 440. The maximum Gasteiger partial charge on any atom is 0.411 e. The summed E-state index contributed by atoms with van der Waals surface area (Å²) in [7, 11) is 1.37. The molecule has 0 saturated heterocycles. The Morgan fingerprint density at radius 3 is 2.21 bits per heavy atom. The predicted molar refractivity (Wildman–Crippen MR) is 86.4 cm³/mol. The van der Waals surface area contributed by atoms with Gasteiger partial charge in [-0.1, -0.05) is 20.3 Å². The zero-order chi connectivity index (χ0) is 18.9. The Morgan fingerprint density at radius 2 is 1.79 bits per heavy atom. The summed E-state index contributed by atoms with van der Waals surface area (Å²) >= 11 is 0. The van der Waals surface area contributed by atoms with Gasteiger partial charge in [0.25, 0.3) is 6.29 Å². The zero-order valence-electron chi connectivity index (χ0n) is 15.3. The van der Waals surface area contributed by atoms with Crippen LogP contribution in [0, 0.1) is 5.92 Å². The van der Waals surface area contributed by atoms with Crippen LogP contribution in [-0.2, 0) is 23.8 Å². The van der Waals surface area contributed by atoms with E-state index in [2.05, 4.69) is 5.32 Å². The van der Waals surface area contributed by atoms with Gasteiger partial charge in [-0.15, -0.1) is 0 Å². The highest BCUT2D eigenvalue weighted by Crippen LogP contribution is 2.19. The number of methoxy groups -OCH3 is 1. The lowest BCUT2D eigenvalue weighted by atomic mass is 9.90. The van der Waals surface area contributed by atoms with Crippen LogP contribution in [0.5, 0.6) is 0 Å². The fourth-order valence-electron chi connectivity index (χ4n) is 1.81. The number of carboxylic acids is 1. The fraction of sp³-hybridized carbons (Fsp3) is 0.812. The predicted octanol–water partition coefficient (Wildman–Crippen LogP) is 2.31. The van der Waals surface area contributed by atoms with Gasteiger partial charge in [-0.25, -0.2) is 9.59 Å². The van der Waals surface area contributed by atoms with E-state index in [0.717, 1.165) is 6.42 Å². The first kappa shape index (κ1) is 22.2. The van der Waals surface area contributed by atoms with Crippen LogP contribution in [0.2, 0.25) is 0 Å². The van der Waals surface area contributed by atoms with Gasteiger partial charge in [0, 0.05) is 14.0 Å². The molecule has 0 rings (SSSR count). The minimum absolute atomic E-state index is 0.254. The van der Waals surface area contributed by atoms with Crippen LogP contribution in [-0.4, -0.2) is 48.2 Å². The van der Waals surface area contributed by atoms with Crippen molar-refractivity contribution in [3.63, 3.8) is 0 Å². The molecule has 1 unspecified atom stereocenters. The lowest BCUT2D eigenvalue weighted by Crippen LogP contribution is -2.53. The van der Waals surface area contributed by atoms with Gasteiger partial charge in [0.2, 0.25) is 0 Å². The topological polar surface area (TPSA) is 111 Å². The minimum Gasteiger partial charge on any atom is -0.480 e. The molecular weight excluding hydrogens is 318 g/mol. The van der Waals surface area contributed by atoms with Gasteiger partial charge < -0.3 is 24.6 Å². The highest BCUT2D eigenvalue weighted by Gasteiger charge is 2.36. The van der Waals surface area contributed by atoms with Gasteiger partial charge >= 0.3 is 18.0 Å². The van der Waals surface area contributed by atoms with Crippen molar-refractivity contribution in [2.75, 3.05) is 7.11 Å². The van der Waals surface area contributed by atoms with Crippen molar-refractivity contribution < 1.29 is 33.7 Å². The molecule has 0 fully saturated rings. The van der Waals surface area contributed by atoms with Crippen molar-refractivity contribution in [1.82, 2.24) is 5.32 Å². The number of aliphatic carboxylic acids is 1. The lowest BCUT2D eigenvalue weighted by Gasteiger charge is -2.29. The summed E-state index contributed by atoms with van der Waals surface area (Å²) in [5, 5.41) is 11.8. The van der Waals surface area contributed by atoms with Crippen LogP contribution in [0.4, 0.5) is 4.79 Å². The molecule has 0 aliphatic heterocycles. The molecule has 0 aromatic carbocycles. The molecule has 8 heteroatoms. The number of hydrogen-bond acceptors (Lipinski definition) is 6. The van der Waals surface area contributed by atoms with E-state index < -0.39 is 36.0 Å². The molecule has 8 nitrogen and oxygen atoms in total. The zero-order valence-corrected chi connectivity index (χ0v) is 15.3. The molecule has 2 N–H and O–H groups in total. The highest BCUT2D eigenvalue weighted by atomic mass is 16.7. The molecule has 0 bridgehead atoms. The summed E-state index contributed by atoms with van der Waals surface area (Å²) in [6.07, 6.45) is -1.14. The quantitative estimate of drug-likeness (QED) is 0.461. The average molecular weight is 347 g/mol. The fourth-order valence-corrected chi connectivity index (χ4v) is 1.81. The maximum absolute atomic E-state index is 12.0. The summed E-state index contributed by atoms with van der Waals surface area (Å²) < 4.78 is 14.9. The normalized spacial score (nSPS) is 17.1. The number of nitrogens with one attached hydrogen (secondary N) is 1. The molecule has 0 aromatic rings. The Kier molecular flexibility index (Phi) is 9.35. The standard InChI is InChI=1S/C16H29NO7/c1-7-10(2)8-9-16(5,14(19)20)17-15(21)24-13(11(3)22-6)23-12(4)18/h10-11,13H,7-9H2,1-6H3,(H,17,21)(H,19,20)/t10-,11?,13+,16+/m1/s1. The average Bonchev–Trinajstić information content (AvgIpc) is 2.50. The molecule has 140 valence electrons. The molecule has 0 aliphatic rings. The number of esters is 1. The van der Waals surface area contributed by atoms with E-state index in [-0.39, 0.29) is 6.42 Å². The van der Waals surface area contributed by atoms with Gasteiger partial charge in [-0.05, 0) is 32.6 Å². The van der Waals surface area contributed by atoms with Crippen LogP contribution in [0.25, 0.3) is 0 Å². The second-order valence-corrected chi connectivity index (χ2v) is 6.14. The van der Waals surface area contributed by atoms with E-state index in [1.54, 1.807) is 6.92 Å². The third-order valence-electron chi connectivity index (χ3n) is 3.94. The molecule has 0 aromatic heterocycles. The second-order valence-electron chi connectivity index (χ2n) is 6.14. The van der Waals surface area contributed by atoms with Crippen LogP contribution in [0.1, 0.15) is 53.9 Å². The molecular formula is C16H29NO7. The van der Waals surface area contributed by atoms with Gasteiger partial charge in [0.1, 0.15) is 11.6 Å². The number of ether oxygens (including phenoxy) is 3. The Labute approximate surface area is 142 Å². The van der Waals surface area contributed by atoms with Crippen LogP contribution in [0.3, 0.4) is 0 Å². The molecule has 0 spiro atoms. The maximum atomic E-state index is 12.0. The minimum atomic E-state index is -1.47. The number of alkyl carbamates (subject to hydrolysis) is 1. The summed E-state index contributed by atoms with van der Waals surface area (Å²) in [5.41, 5.74) is -1.47. The van der Waals surface area contributed by atoms with E-state index in [1.165, 1.54) is 21.0 Å². The number of carbonyl (C=O) groups is 3. The van der Waals surface area contributed by atoms with Gasteiger partial charge in [0.05, 0.1) is 0 Å². The number of amides is 1. The first-order valence-corrected chi connectivity index (χ1v) is 7.97. The SMILES string of the molecule is CC[C@@H](C)CC[C@](C)(NC(=O)O[C@H](OC(C)=O)C(C)OC)C(=O)O. The largest absolute Gasteiger partial charge is 0.480 e. The second kappa shape index (κ2) is 10.1. The van der Waals surface area contributed by atoms with Crippen LogP contribution >= 0.6 is 0 Å². The van der Waals surface area contributed by atoms with Crippen LogP contribution in [0.15, 0.2) is 0 Å². The summed E-state index contributed by atoms with van der Waals surface area (Å²) in [6, 6.07) is 0. The third-order valence-corrected chi connectivity index (χ3v) is 3.94. The molecule has 4 atom stereocenters. The van der Waals surface area contributed by atoms with Crippen molar-refractivity contribution >= 4 is 18.0 Å². The van der Waals surface area contributed by atoms with Crippen molar-refractivity contribution in [1.29, 1.82) is 0 Å².